The molecule has 1 saturated heterocycles. The third kappa shape index (κ3) is 2.33. The molecule has 0 radical (unpaired) electrons. The quantitative estimate of drug-likeness (QED) is 0.799. The van der Waals surface area contributed by atoms with E-state index in [0.29, 0.717) is 5.92 Å². The number of rotatable bonds is 3. The molecular weight excluding hydrogens is 264 g/mol. The molecule has 0 spiro atoms. The standard InChI is InChI=1S/C17H18N2O2/c1-11-7-14-15(8-11)17(21)19(16(14)20)10-13(9-18)12-5-3-2-4-6-12/h2-6,11,13-15H,7-8,10H2,1H3. The normalized spacial score (nSPS) is 29.3. The fraction of sp³-hybridized carbons (Fsp3) is 0.471. The maximum atomic E-state index is 12.4. The van der Waals surface area contributed by atoms with Crippen molar-refractivity contribution in [2.24, 2.45) is 17.8 Å². The van der Waals surface area contributed by atoms with Gasteiger partial charge in [0.2, 0.25) is 11.8 Å². The van der Waals surface area contributed by atoms with Crippen molar-refractivity contribution in [3.8, 4) is 6.07 Å². The number of amides is 2. The zero-order valence-corrected chi connectivity index (χ0v) is 12.0. The van der Waals surface area contributed by atoms with Crippen LogP contribution in [0.3, 0.4) is 0 Å². The average molecular weight is 282 g/mol. The number of imide groups is 1. The Morgan fingerprint density at radius 2 is 1.76 bits per heavy atom. The third-order valence-corrected chi connectivity index (χ3v) is 4.69. The van der Waals surface area contributed by atoms with Gasteiger partial charge in [-0.1, -0.05) is 37.3 Å². The number of carbonyl (C=O) groups is 2. The van der Waals surface area contributed by atoms with Gasteiger partial charge >= 0.3 is 0 Å². The van der Waals surface area contributed by atoms with Gasteiger partial charge in [0.1, 0.15) is 0 Å². The monoisotopic (exact) mass is 282 g/mol. The van der Waals surface area contributed by atoms with E-state index in [-0.39, 0.29) is 30.2 Å². The number of carbonyl (C=O) groups excluding carboxylic acids is 2. The second-order valence-corrected chi connectivity index (χ2v) is 6.17. The van der Waals surface area contributed by atoms with Crippen molar-refractivity contribution in [3.63, 3.8) is 0 Å². The lowest BCUT2D eigenvalue weighted by Crippen LogP contribution is -2.35. The lowest BCUT2D eigenvalue weighted by Gasteiger charge is -2.20. The van der Waals surface area contributed by atoms with E-state index in [1.54, 1.807) is 0 Å². The summed E-state index contributed by atoms with van der Waals surface area (Å²) >= 11 is 0. The molecule has 2 fully saturated rings. The highest BCUT2D eigenvalue weighted by atomic mass is 16.2. The number of benzene rings is 1. The van der Waals surface area contributed by atoms with Crippen LogP contribution in [0.25, 0.3) is 0 Å². The number of hydrogen-bond donors (Lipinski definition) is 0. The van der Waals surface area contributed by atoms with Crippen LogP contribution in [0.15, 0.2) is 30.3 Å². The lowest BCUT2D eigenvalue weighted by molar-refractivity contribution is -0.140. The molecule has 1 saturated carbocycles. The Hall–Kier alpha value is -2.15. The van der Waals surface area contributed by atoms with Gasteiger partial charge in [0.05, 0.1) is 23.8 Å². The molecule has 0 aromatic heterocycles. The third-order valence-electron chi connectivity index (χ3n) is 4.69. The highest BCUT2D eigenvalue weighted by Crippen LogP contribution is 2.43. The van der Waals surface area contributed by atoms with E-state index in [0.717, 1.165) is 18.4 Å². The summed E-state index contributed by atoms with van der Waals surface area (Å²) in [6, 6.07) is 11.6. The fourth-order valence-corrected chi connectivity index (χ4v) is 3.62. The molecule has 1 aliphatic carbocycles. The van der Waals surface area contributed by atoms with Crippen LogP contribution in [0.2, 0.25) is 0 Å². The molecule has 1 aromatic rings. The molecule has 3 atom stereocenters. The summed E-state index contributed by atoms with van der Waals surface area (Å²) in [6.45, 7) is 2.27. The number of fused-ring (bicyclic) bond motifs is 1. The largest absolute Gasteiger partial charge is 0.280 e. The minimum absolute atomic E-state index is 0.0782. The van der Waals surface area contributed by atoms with Crippen molar-refractivity contribution < 1.29 is 9.59 Å². The van der Waals surface area contributed by atoms with Crippen molar-refractivity contribution in [1.29, 1.82) is 5.26 Å². The van der Waals surface area contributed by atoms with E-state index >= 15 is 0 Å². The minimum Gasteiger partial charge on any atom is -0.280 e. The molecule has 2 aliphatic rings. The number of nitrogens with zero attached hydrogens (tertiary/aromatic N) is 2. The van der Waals surface area contributed by atoms with Gasteiger partial charge in [0, 0.05) is 6.54 Å². The second-order valence-electron chi connectivity index (χ2n) is 6.17. The van der Waals surface area contributed by atoms with Crippen LogP contribution < -0.4 is 0 Å². The molecule has 0 bridgehead atoms. The van der Waals surface area contributed by atoms with Gasteiger partial charge in [0.25, 0.3) is 0 Å². The van der Waals surface area contributed by atoms with E-state index in [2.05, 4.69) is 13.0 Å². The Balaban J connectivity index is 1.78. The average Bonchev–Trinajstić information content (AvgIpc) is 2.98. The number of hydrogen-bond acceptors (Lipinski definition) is 3. The molecule has 21 heavy (non-hydrogen) atoms. The van der Waals surface area contributed by atoms with Gasteiger partial charge < -0.3 is 0 Å². The highest BCUT2D eigenvalue weighted by molar-refractivity contribution is 6.05. The lowest BCUT2D eigenvalue weighted by atomic mass is 10.00. The first kappa shape index (κ1) is 13.8. The van der Waals surface area contributed by atoms with Gasteiger partial charge in [-0.2, -0.15) is 5.26 Å². The van der Waals surface area contributed by atoms with Gasteiger partial charge in [0.15, 0.2) is 0 Å². The first-order chi connectivity index (χ1) is 10.1. The van der Waals surface area contributed by atoms with Gasteiger partial charge in [-0.25, -0.2) is 0 Å². The minimum atomic E-state index is -0.449. The highest BCUT2D eigenvalue weighted by Gasteiger charge is 2.51. The van der Waals surface area contributed by atoms with Crippen LogP contribution in [-0.4, -0.2) is 23.3 Å². The van der Waals surface area contributed by atoms with Gasteiger partial charge in [-0.05, 0) is 24.3 Å². The van der Waals surface area contributed by atoms with Gasteiger partial charge in [-0.15, -0.1) is 0 Å². The van der Waals surface area contributed by atoms with Crippen molar-refractivity contribution in [3.05, 3.63) is 35.9 Å². The topological polar surface area (TPSA) is 61.2 Å². The summed E-state index contributed by atoms with van der Waals surface area (Å²) < 4.78 is 0. The molecule has 108 valence electrons. The van der Waals surface area contributed by atoms with Crippen LogP contribution in [0.4, 0.5) is 0 Å². The van der Waals surface area contributed by atoms with E-state index < -0.39 is 5.92 Å². The van der Waals surface area contributed by atoms with Crippen LogP contribution in [0.5, 0.6) is 0 Å². The smallest absolute Gasteiger partial charge is 0.233 e. The molecule has 1 aromatic carbocycles. The number of nitriles is 1. The summed E-state index contributed by atoms with van der Waals surface area (Å²) in [5.74, 6) is -0.465. The molecule has 0 N–H and O–H groups in total. The zero-order valence-electron chi connectivity index (χ0n) is 12.0. The van der Waals surface area contributed by atoms with E-state index in [4.69, 9.17) is 0 Å². The first-order valence-corrected chi connectivity index (χ1v) is 7.41. The number of likely N-dealkylation sites (tertiary alicyclic amines) is 1. The van der Waals surface area contributed by atoms with E-state index in [9.17, 15) is 14.9 Å². The predicted molar refractivity (Wildman–Crippen MR) is 76.9 cm³/mol. The maximum Gasteiger partial charge on any atom is 0.233 e. The first-order valence-electron chi connectivity index (χ1n) is 7.41. The summed E-state index contributed by atoms with van der Waals surface area (Å²) in [5, 5.41) is 9.36. The molecule has 4 nitrogen and oxygen atoms in total. The Bertz CT molecular complexity index is 581. The Kier molecular flexibility index (Phi) is 3.50. The second kappa shape index (κ2) is 5.33. The summed E-state index contributed by atoms with van der Waals surface area (Å²) in [5.41, 5.74) is 0.853. The van der Waals surface area contributed by atoms with Crippen molar-refractivity contribution in [1.82, 2.24) is 4.90 Å². The fourth-order valence-electron chi connectivity index (χ4n) is 3.62. The Morgan fingerprint density at radius 1 is 1.19 bits per heavy atom. The van der Waals surface area contributed by atoms with Crippen molar-refractivity contribution in [2.45, 2.75) is 25.7 Å². The van der Waals surface area contributed by atoms with Crippen molar-refractivity contribution in [2.75, 3.05) is 6.54 Å². The molecule has 4 heteroatoms. The van der Waals surface area contributed by atoms with Crippen molar-refractivity contribution >= 4 is 11.8 Å². The molecule has 1 heterocycles. The molecule has 3 rings (SSSR count). The summed E-state index contributed by atoms with van der Waals surface area (Å²) in [4.78, 5) is 26.2. The van der Waals surface area contributed by atoms with Crippen LogP contribution in [0, 0.1) is 29.1 Å². The molecule has 1 aliphatic heterocycles. The molecule has 2 amide bonds. The van der Waals surface area contributed by atoms with Gasteiger partial charge in [-0.3, -0.25) is 14.5 Å². The maximum absolute atomic E-state index is 12.4. The summed E-state index contributed by atoms with van der Waals surface area (Å²) in [7, 11) is 0. The van der Waals surface area contributed by atoms with E-state index in [1.165, 1.54) is 4.90 Å². The van der Waals surface area contributed by atoms with E-state index in [1.807, 2.05) is 30.3 Å². The molecule has 3 unspecified atom stereocenters. The SMILES string of the molecule is CC1CC2C(=O)N(CC(C#N)c3ccccc3)C(=O)C2C1. The van der Waals surface area contributed by atoms with Crippen LogP contribution in [-0.2, 0) is 9.59 Å². The Labute approximate surface area is 124 Å². The Morgan fingerprint density at radius 3 is 2.29 bits per heavy atom. The van der Waals surface area contributed by atoms with Crippen LogP contribution in [0.1, 0.15) is 31.2 Å². The van der Waals surface area contributed by atoms with Crippen LogP contribution >= 0.6 is 0 Å². The molecular formula is C17H18N2O2. The summed E-state index contributed by atoms with van der Waals surface area (Å²) in [6.07, 6.45) is 1.60. The predicted octanol–water partition coefficient (Wildman–Crippen LogP) is 2.32. The zero-order chi connectivity index (χ0) is 15.0.